The predicted molar refractivity (Wildman–Crippen MR) is 75.7 cm³/mol. The zero-order valence-corrected chi connectivity index (χ0v) is 12.5. The molecule has 6 nitrogen and oxygen atoms in total. The number of amides is 1. The van der Waals surface area contributed by atoms with Crippen molar-refractivity contribution in [2.75, 3.05) is 18.1 Å². The number of hydrogen-bond donors (Lipinski definition) is 0. The molecule has 1 aliphatic rings. The number of carbonyl (C=O) groups excluding carboxylic acids is 1. The third-order valence-electron chi connectivity index (χ3n) is 3.61. The Morgan fingerprint density at radius 1 is 1.43 bits per heavy atom. The third kappa shape index (κ3) is 3.07. The van der Waals surface area contributed by atoms with Gasteiger partial charge in [-0.3, -0.25) is 4.79 Å². The molecule has 1 amide bonds. The summed E-state index contributed by atoms with van der Waals surface area (Å²) in [5, 5.41) is 3.71. The standard InChI is InChI=1S/C15H15F2N3O3/c1-2-11-18-12(23-19-11)7-22-8-13(21)20-6-5-9-3-4-10(16)14(17)15(9)20/h3-4H,2,5-8H2,1H3. The second-order valence-electron chi connectivity index (χ2n) is 5.12. The molecule has 0 bridgehead atoms. The van der Waals surface area contributed by atoms with Gasteiger partial charge in [-0.25, -0.2) is 8.78 Å². The zero-order valence-electron chi connectivity index (χ0n) is 12.5. The molecule has 0 unspecified atom stereocenters. The smallest absolute Gasteiger partial charge is 0.253 e. The molecule has 2 aromatic rings. The Kier molecular flexibility index (Phi) is 4.33. The van der Waals surface area contributed by atoms with E-state index >= 15 is 0 Å². The molecule has 0 spiro atoms. The maximum Gasteiger partial charge on any atom is 0.253 e. The summed E-state index contributed by atoms with van der Waals surface area (Å²) in [5.74, 6) is -1.58. The molecule has 122 valence electrons. The summed E-state index contributed by atoms with van der Waals surface area (Å²) in [7, 11) is 0. The highest BCUT2D eigenvalue weighted by Crippen LogP contribution is 2.32. The maximum atomic E-state index is 13.9. The summed E-state index contributed by atoms with van der Waals surface area (Å²) in [6, 6.07) is 2.56. The second kappa shape index (κ2) is 6.41. The lowest BCUT2D eigenvalue weighted by Gasteiger charge is -2.17. The van der Waals surface area contributed by atoms with Crippen molar-refractivity contribution in [1.29, 1.82) is 0 Å². The Bertz CT molecular complexity index is 733. The number of anilines is 1. The van der Waals surface area contributed by atoms with E-state index in [-0.39, 0.29) is 24.8 Å². The van der Waals surface area contributed by atoms with E-state index in [1.165, 1.54) is 11.0 Å². The van der Waals surface area contributed by atoms with Crippen LogP contribution in [0.15, 0.2) is 16.7 Å². The lowest BCUT2D eigenvalue weighted by atomic mass is 10.1. The molecule has 1 aromatic carbocycles. The first kappa shape index (κ1) is 15.5. The number of nitrogens with zero attached hydrogens (tertiary/aromatic N) is 3. The molecule has 0 fully saturated rings. The second-order valence-corrected chi connectivity index (χ2v) is 5.12. The number of halogens is 2. The SMILES string of the molecule is CCc1noc(COCC(=O)N2CCc3ccc(F)c(F)c32)n1. The fourth-order valence-electron chi connectivity index (χ4n) is 2.46. The van der Waals surface area contributed by atoms with Crippen molar-refractivity contribution in [1.82, 2.24) is 10.1 Å². The first-order chi connectivity index (χ1) is 11.1. The van der Waals surface area contributed by atoms with Gasteiger partial charge in [0.15, 0.2) is 17.5 Å². The molecule has 23 heavy (non-hydrogen) atoms. The molecule has 0 N–H and O–H groups in total. The van der Waals surface area contributed by atoms with E-state index in [1.807, 2.05) is 6.92 Å². The van der Waals surface area contributed by atoms with E-state index in [1.54, 1.807) is 0 Å². The van der Waals surface area contributed by atoms with Gasteiger partial charge in [0.1, 0.15) is 13.2 Å². The van der Waals surface area contributed by atoms with Crippen LogP contribution >= 0.6 is 0 Å². The van der Waals surface area contributed by atoms with Crippen molar-refractivity contribution in [2.24, 2.45) is 0 Å². The number of rotatable bonds is 5. The van der Waals surface area contributed by atoms with Gasteiger partial charge in [0.05, 0.1) is 5.69 Å². The summed E-state index contributed by atoms with van der Waals surface area (Å²) in [4.78, 5) is 17.4. The highest BCUT2D eigenvalue weighted by Gasteiger charge is 2.29. The summed E-state index contributed by atoms with van der Waals surface area (Å²) < 4.78 is 37.4. The van der Waals surface area contributed by atoms with Crippen LogP contribution in [0, 0.1) is 11.6 Å². The van der Waals surface area contributed by atoms with E-state index in [9.17, 15) is 13.6 Å². The fourth-order valence-corrected chi connectivity index (χ4v) is 2.46. The minimum Gasteiger partial charge on any atom is -0.362 e. The van der Waals surface area contributed by atoms with Crippen molar-refractivity contribution in [3.05, 3.63) is 41.0 Å². The summed E-state index contributed by atoms with van der Waals surface area (Å²) >= 11 is 0. The Morgan fingerprint density at radius 3 is 3.00 bits per heavy atom. The molecule has 3 rings (SSSR count). The number of hydrogen-bond acceptors (Lipinski definition) is 5. The Morgan fingerprint density at radius 2 is 2.26 bits per heavy atom. The molecule has 0 atom stereocenters. The number of ether oxygens (including phenoxy) is 1. The van der Waals surface area contributed by atoms with Gasteiger partial charge in [-0.2, -0.15) is 4.98 Å². The molecule has 0 saturated heterocycles. The van der Waals surface area contributed by atoms with Crippen LogP contribution in [0.1, 0.15) is 24.2 Å². The lowest BCUT2D eigenvalue weighted by Crippen LogP contribution is -2.33. The number of carbonyl (C=O) groups is 1. The molecule has 8 heteroatoms. The molecule has 0 radical (unpaired) electrons. The molecule has 1 aliphatic heterocycles. The Balaban J connectivity index is 1.61. The minimum atomic E-state index is -1.00. The van der Waals surface area contributed by atoms with E-state index in [4.69, 9.17) is 9.26 Å². The fraction of sp³-hybridized carbons (Fsp3) is 0.400. The van der Waals surface area contributed by atoms with E-state index in [0.717, 1.165) is 6.07 Å². The third-order valence-corrected chi connectivity index (χ3v) is 3.61. The molecule has 2 heterocycles. The number of aromatic nitrogens is 2. The van der Waals surface area contributed by atoms with Crippen LogP contribution in [-0.2, 0) is 29.0 Å². The molecule has 0 saturated carbocycles. The summed E-state index contributed by atoms with van der Waals surface area (Å²) in [5.41, 5.74) is 0.617. The van der Waals surface area contributed by atoms with Crippen LogP contribution in [0.4, 0.5) is 14.5 Å². The number of benzene rings is 1. The average Bonchev–Trinajstić information content (AvgIpc) is 3.17. The average molecular weight is 323 g/mol. The number of aryl methyl sites for hydroxylation is 1. The summed E-state index contributed by atoms with van der Waals surface area (Å²) in [6.07, 6.45) is 1.12. The van der Waals surface area contributed by atoms with Crippen LogP contribution < -0.4 is 4.90 Å². The molecular formula is C15H15F2N3O3. The maximum absolute atomic E-state index is 13.9. The number of fused-ring (bicyclic) bond motifs is 1. The van der Waals surface area contributed by atoms with Crippen molar-refractivity contribution in [3.8, 4) is 0 Å². The van der Waals surface area contributed by atoms with Gasteiger partial charge < -0.3 is 14.2 Å². The monoisotopic (exact) mass is 323 g/mol. The van der Waals surface area contributed by atoms with Gasteiger partial charge in [0.2, 0.25) is 0 Å². The largest absolute Gasteiger partial charge is 0.362 e. The highest BCUT2D eigenvalue weighted by atomic mass is 19.2. The van der Waals surface area contributed by atoms with Crippen LogP contribution in [0.3, 0.4) is 0 Å². The van der Waals surface area contributed by atoms with E-state index in [2.05, 4.69) is 10.1 Å². The van der Waals surface area contributed by atoms with Gasteiger partial charge in [0, 0.05) is 13.0 Å². The molecule has 1 aromatic heterocycles. The van der Waals surface area contributed by atoms with Gasteiger partial charge >= 0.3 is 0 Å². The lowest BCUT2D eigenvalue weighted by molar-refractivity contribution is -0.123. The van der Waals surface area contributed by atoms with Gasteiger partial charge in [0.25, 0.3) is 11.8 Å². The van der Waals surface area contributed by atoms with Crippen molar-refractivity contribution in [2.45, 2.75) is 26.4 Å². The summed E-state index contributed by atoms with van der Waals surface area (Å²) in [6.45, 7) is 1.90. The zero-order chi connectivity index (χ0) is 16.4. The van der Waals surface area contributed by atoms with Crippen LogP contribution in [0.2, 0.25) is 0 Å². The van der Waals surface area contributed by atoms with Crippen LogP contribution in [-0.4, -0.2) is 29.2 Å². The van der Waals surface area contributed by atoms with Crippen molar-refractivity contribution in [3.63, 3.8) is 0 Å². The predicted octanol–water partition coefficient (Wildman–Crippen LogP) is 2.02. The first-order valence-electron chi connectivity index (χ1n) is 7.26. The van der Waals surface area contributed by atoms with Gasteiger partial charge in [-0.05, 0) is 18.1 Å². The topological polar surface area (TPSA) is 68.5 Å². The van der Waals surface area contributed by atoms with E-state index < -0.39 is 17.5 Å². The highest BCUT2D eigenvalue weighted by molar-refractivity contribution is 5.96. The normalized spacial score (nSPS) is 13.4. The van der Waals surface area contributed by atoms with Crippen molar-refractivity contribution >= 4 is 11.6 Å². The van der Waals surface area contributed by atoms with E-state index in [0.29, 0.717) is 30.8 Å². The van der Waals surface area contributed by atoms with Crippen molar-refractivity contribution < 1.29 is 22.8 Å². The van der Waals surface area contributed by atoms with Gasteiger partial charge in [-0.15, -0.1) is 0 Å². The molecular weight excluding hydrogens is 308 g/mol. The first-order valence-corrected chi connectivity index (χ1v) is 7.26. The minimum absolute atomic E-state index is 0.00431. The Labute approximate surface area is 131 Å². The van der Waals surface area contributed by atoms with Crippen LogP contribution in [0.25, 0.3) is 0 Å². The van der Waals surface area contributed by atoms with Crippen LogP contribution in [0.5, 0.6) is 0 Å². The molecule has 0 aliphatic carbocycles. The quantitative estimate of drug-likeness (QED) is 0.842. The Hall–Kier alpha value is -2.35. The van der Waals surface area contributed by atoms with Gasteiger partial charge in [-0.1, -0.05) is 18.1 Å².